The van der Waals surface area contributed by atoms with E-state index in [4.69, 9.17) is 0 Å². The summed E-state index contributed by atoms with van der Waals surface area (Å²) in [5.74, 6) is -0.239. The molecule has 0 aromatic heterocycles. The van der Waals surface area contributed by atoms with Gasteiger partial charge < -0.3 is 5.32 Å². The summed E-state index contributed by atoms with van der Waals surface area (Å²) < 4.78 is 27.2. The molecule has 0 saturated carbocycles. The van der Waals surface area contributed by atoms with Gasteiger partial charge in [0.2, 0.25) is 0 Å². The Balaban J connectivity index is 1.78. The number of anilines is 1. The quantitative estimate of drug-likeness (QED) is 0.532. The fourth-order valence-electron chi connectivity index (χ4n) is 3.54. The minimum Gasteiger partial charge on any atom is -0.348 e. The fraction of sp³-hybridized carbons (Fsp3) is 0.269. The van der Waals surface area contributed by atoms with Crippen LogP contribution in [0.2, 0.25) is 0 Å². The molecule has 0 unspecified atom stereocenters. The van der Waals surface area contributed by atoms with E-state index < -0.39 is 10.0 Å². The monoisotopic (exact) mass is 450 g/mol. The lowest BCUT2D eigenvalue weighted by Crippen LogP contribution is -2.27. The van der Waals surface area contributed by atoms with Gasteiger partial charge in [0.25, 0.3) is 15.9 Å². The predicted octanol–water partition coefficient (Wildman–Crippen LogP) is 4.87. The van der Waals surface area contributed by atoms with Gasteiger partial charge in [0.15, 0.2) is 0 Å². The third-order valence-corrected chi connectivity index (χ3v) is 7.45. The van der Waals surface area contributed by atoms with Crippen molar-refractivity contribution in [3.63, 3.8) is 0 Å². The van der Waals surface area contributed by atoms with E-state index in [1.807, 2.05) is 6.92 Å². The minimum atomic E-state index is -3.72. The average Bonchev–Trinajstić information content (AvgIpc) is 2.82. The van der Waals surface area contributed by atoms with Gasteiger partial charge in [-0.1, -0.05) is 55.8 Å². The zero-order valence-electron chi connectivity index (χ0n) is 19.1. The van der Waals surface area contributed by atoms with Crippen molar-refractivity contribution in [1.82, 2.24) is 5.32 Å². The van der Waals surface area contributed by atoms with Crippen molar-refractivity contribution in [1.29, 1.82) is 0 Å². The van der Waals surface area contributed by atoms with Crippen LogP contribution >= 0.6 is 0 Å². The molecule has 6 heteroatoms. The minimum absolute atomic E-state index is 0.211. The molecule has 1 amide bonds. The third-order valence-electron chi connectivity index (χ3n) is 5.65. The standard InChI is InChI=1S/C26H30N2O3S/c1-5-20-12-13-21(6-2)23(16-20)18-27-26(29)22-8-7-9-24(17-22)28(4)32(30,31)25-14-10-19(3)11-15-25/h7-17H,5-6,18H2,1-4H3,(H,27,29). The Bertz CT molecular complexity index is 1200. The van der Waals surface area contributed by atoms with E-state index in [-0.39, 0.29) is 10.8 Å². The predicted molar refractivity (Wildman–Crippen MR) is 130 cm³/mol. The maximum Gasteiger partial charge on any atom is 0.264 e. The summed E-state index contributed by atoms with van der Waals surface area (Å²) in [5.41, 5.74) is 5.38. The first-order valence-electron chi connectivity index (χ1n) is 10.8. The molecule has 32 heavy (non-hydrogen) atoms. The van der Waals surface area contributed by atoms with Gasteiger partial charge in [-0.25, -0.2) is 8.42 Å². The first kappa shape index (κ1) is 23.5. The van der Waals surface area contributed by atoms with Crippen LogP contribution in [-0.4, -0.2) is 21.4 Å². The van der Waals surface area contributed by atoms with Crippen molar-refractivity contribution < 1.29 is 13.2 Å². The smallest absolute Gasteiger partial charge is 0.264 e. The number of rotatable bonds is 8. The molecule has 3 aromatic carbocycles. The van der Waals surface area contributed by atoms with E-state index in [0.29, 0.717) is 17.8 Å². The van der Waals surface area contributed by atoms with E-state index in [1.54, 1.807) is 48.5 Å². The normalized spacial score (nSPS) is 11.2. The lowest BCUT2D eigenvalue weighted by atomic mass is 10.0. The van der Waals surface area contributed by atoms with Crippen LogP contribution in [0.25, 0.3) is 0 Å². The van der Waals surface area contributed by atoms with E-state index >= 15 is 0 Å². The lowest BCUT2D eigenvalue weighted by molar-refractivity contribution is 0.0951. The largest absolute Gasteiger partial charge is 0.348 e. The number of carbonyl (C=O) groups is 1. The van der Waals surface area contributed by atoms with Gasteiger partial charge in [-0.3, -0.25) is 9.10 Å². The topological polar surface area (TPSA) is 66.5 Å². The molecular weight excluding hydrogens is 420 g/mol. The van der Waals surface area contributed by atoms with Crippen molar-refractivity contribution in [3.8, 4) is 0 Å². The Morgan fingerprint density at radius 2 is 1.62 bits per heavy atom. The van der Waals surface area contributed by atoms with Crippen molar-refractivity contribution >= 4 is 21.6 Å². The summed E-state index contributed by atoms with van der Waals surface area (Å²) in [7, 11) is -2.23. The van der Waals surface area contributed by atoms with Crippen LogP contribution in [0.15, 0.2) is 71.6 Å². The number of carbonyl (C=O) groups excluding carboxylic acids is 1. The van der Waals surface area contributed by atoms with Crippen LogP contribution in [0.4, 0.5) is 5.69 Å². The number of amides is 1. The number of benzene rings is 3. The van der Waals surface area contributed by atoms with Crippen molar-refractivity contribution in [2.45, 2.75) is 45.1 Å². The summed E-state index contributed by atoms with van der Waals surface area (Å²) in [5, 5.41) is 2.98. The van der Waals surface area contributed by atoms with Crippen LogP contribution in [0.1, 0.15) is 46.5 Å². The zero-order chi connectivity index (χ0) is 23.3. The number of hydrogen-bond donors (Lipinski definition) is 1. The highest BCUT2D eigenvalue weighted by Crippen LogP contribution is 2.23. The molecule has 0 saturated heterocycles. The number of aryl methyl sites for hydroxylation is 3. The van der Waals surface area contributed by atoms with E-state index in [1.165, 1.54) is 22.5 Å². The highest BCUT2D eigenvalue weighted by Gasteiger charge is 2.22. The Morgan fingerprint density at radius 1 is 0.906 bits per heavy atom. The van der Waals surface area contributed by atoms with Crippen LogP contribution < -0.4 is 9.62 Å². The third kappa shape index (κ3) is 5.19. The van der Waals surface area contributed by atoms with Crippen molar-refractivity contribution in [2.75, 3.05) is 11.4 Å². The summed E-state index contributed by atoms with van der Waals surface area (Å²) in [4.78, 5) is 13.0. The number of hydrogen-bond acceptors (Lipinski definition) is 3. The van der Waals surface area contributed by atoms with Crippen LogP contribution in [0.5, 0.6) is 0 Å². The second-order valence-corrected chi connectivity index (χ2v) is 9.80. The molecule has 3 aromatic rings. The lowest BCUT2D eigenvalue weighted by Gasteiger charge is -2.20. The molecule has 3 rings (SSSR count). The molecule has 1 N–H and O–H groups in total. The first-order valence-corrected chi connectivity index (χ1v) is 12.2. The molecule has 0 aliphatic carbocycles. The Labute approximate surface area is 191 Å². The molecular formula is C26H30N2O3S. The maximum absolute atomic E-state index is 13.0. The molecule has 0 fully saturated rings. The second kappa shape index (κ2) is 10.0. The molecule has 168 valence electrons. The molecule has 5 nitrogen and oxygen atoms in total. The van der Waals surface area contributed by atoms with Gasteiger partial charge in [-0.15, -0.1) is 0 Å². The second-order valence-electron chi connectivity index (χ2n) is 7.83. The van der Waals surface area contributed by atoms with E-state index in [9.17, 15) is 13.2 Å². The van der Waals surface area contributed by atoms with Gasteiger partial charge in [0.05, 0.1) is 10.6 Å². The Kier molecular flexibility index (Phi) is 7.36. The fourth-order valence-corrected chi connectivity index (χ4v) is 4.72. The van der Waals surface area contributed by atoms with Gasteiger partial charge in [0.1, 0.15) is 0 Å². The zero-order valence-corrected chi connectivity index (χ0v) is 19.9. The molecule has 0 bridgehead atoms. The molecule has 0 aliphatic rings. The van der Waals surface area contributed by atoms with E-state index in [2.05, 4.69) is 37.4 Å². The highest BCUT2D eigenvalue weighted by atomic mass is 32.2. The van der Waals surface area contributed by atoms with Gasteiger partial charge in [-0.2, -0.15) is 0 Å². The summed E-state index contributed by atoms with van der Waals surface area (Å²) >= 11 is 0. The SMILES string of the molecule is CCc1ccc(CC)c(CNC(=O)c2cccc(N(C)S(=O)(=O)c3ccc(C)cc3)c2)c1. The Hall–Kier alpha value is -3.12. The molecule has 0 aliphatic heterocycles. The van der Waals surface area contributed by atoms with Crippen molar-refractivity contribution in [3.05, 3.63) is 94.5 Å². The van der Waals surface area contributed by atoms with Crippen molar-refractivity contribution in [2.24, 2.45) is 0 Å². The van der Waals surface area contributed by atoms with Crippen LogP contribution in [-0.2, 0) is 29.4 Å². The van der Waals surface area contributed by atoms with Crippen LogP contribution in [0, 0.1) is 6.92 Å². The summed E-state index contributed by atoms with van der Waals surface area (Å²) in [6, 6.07) is 19.8. The number of nitrogens with zero attached hydrogens (tertiary/aromatic N) is 1. The van der Waals surface area contributed by atoms with Crippen LogP contribution in [0.3, 0.4) is 0 Å². The average molecular weight is 451 g/mol. The van der Waals surface area contributed by atoms with E-state index in [0.717, 1.165) is 24.0 Å². The summed E-state index contributed by atoms with van der Waals surface area (Å²) in [6.07, 6.45) is 1.83. The van der Waals surface area contributed by atoms with Gasteiger partial charge >= 0.3 is 0 Å². The first-order chi connectivity index (χ1) is 15.3. The van der Waals surface area contributed by atoms with Gasteiger partial charge in [0, 0.05) is 19.2 Å². The molecule has 0 radical (unpaired) electrons. The Morgan fingerprint density at radius 3 is 2.28 bits per heavy atom. The summed E-state index contributed by atoms with van der Waals surface area (Å²) in [6.45, 7) is 6.54. The highest BCUT2D eigenvalue weighted by molar-refractivity contribution is 7.92. The number of sulfonamides is 1. The molecule has 0 spiro atoms. The van der Waals surface area contributed by atoms with Gasteiger partial charge in [-0.05, 0) is 66.8 Å². The number of nitrogens with one attached hydrogen (secondary N) is 1. The molecule has 0 heterocycles. The maximum atomic E-state index is 13.0. The molecule has 0 atom stereocenters.